The zero-order chi connectivity index (χ0) is 48.1. The van der Waals surface area contributed by atoms with E-state index in [2.05, 4.69) is 86.8 Å². The van der Waals surface area contributed by atoms with Crippen molar-refractivity contribution in [3.05, 3.63) is 60.8 Å². The lowest BCUT2D eigenvalue weighted by Crippen LogP contribution is -2.46. The maximum atomic E-state index is 13.2. The van der Waals surface area contributed by atoms with Crippen LogP contribution >= 0.6 is 0 Å². The third-order valence-corrected chi connectivity index (χ3v) is 12.8. The Morgan fingerprint density at radius 2 is 0.788 bits per heavy atom. The summed E-state index contributed by atoms with van der Waals surface area (Å²) in [5, 5.41) is 23.8. The van der Waals surface area contributed by atoms with E-state index in [9.17, 15) is 19.8 Å². The Hall–Kier alpha value is -2.44. The molecule has 384 valence electrons. The van der Waals surface area contributed by atoms with E-state index in [0.29, 0.717) is 19.3 Å². The predicted octanol–water partition coefficient (Wildman–Crippen LogP) is 17.6. The summed E-state index contributed by atoms with van der Waals surface area (Å²) >= 11 is 0. The maximum absolute atomic E-state index is 13.2. The summed E-state index contributed by atoms with van der Waals surface area (Å²) in [6.45, 7) is 6.45. The van der Waals surface area contributed by atoms with Crippen LogP contribution in [-0.4, -0.2) is 46.9 Å². The number of carbonyl (C=O) groups excluding carboxylic acids is 2. The van der Waals surface area contributed by atoms with Gasteiger partial charge in [0.25, 0.3) is 0 Å². The van der Waals surface area contributed by atoms with Crippen molar-refractivity contribution in [3.63, 3.8) is 0 Å². The summed E-state index contributed by atoms with van der Waals surface area (Å²) in [6, 6.07) is -0.718. The second kappa shape index (κ2) is 53.5. The number of esters is 1. The van der Waals surface area contributed by atoms with Crippen molar-refractivity contribution in [3.8, 4) is 0 Å². The van der Waals surface area contributed by atoms with Gasteiger partial charge in [-0.15, -0.1) is 0 Å². The van der Waals surface area contributed by atoms with Gasteiger partial charge in [-0.05, 0) is 89.9 Å². The molecule has 0 bridgehead atoms. The fraction of sp³-hybridized carbons (Fsp3) is 0.800. The molecule has 0 saturated heterocycles. The third-order valence-electron chi connectivity index (χ3n) is 12.8. The number of nitrogens with one attached hydrogen (secondary N) is 1. The van der Waals surface area contributed by atoms with Gasteiger partial charge in [0.2, 0.25) is 5.91 Å². The molecule has 3 unspecified atom stereocenters. The minimum absolute atomic E-state index is 0.0433. The summed E-state index contributed by atoms with van der Waals surface area (Å²) in [7, 11) is 0. The number of allylic oxidation sites excluding steroid dienone is 10. The minimum Gasteiger partial charge on any atom is -0.462 e. The van der Waals surface area contributed by atoms with Gasteiger partial charge >= 0.3 is 5.97 Å². The van der Waals surface area contributed by atoms with Crippen molar-refractivity contribution in [2.75, 3.05) is 6.61 Å². The van der Waals surface area contributed by atoms with E-state index in [4.69, 9.17) is 4.74 Å². The molecule has 0 aliphatic rings. The average Bonchev–Trinajstić information content (AvgIpc) is 3.31. The lowest BCUT2D eigenvalue weighted by molar-refractivity contribution is -0.151. The Labute approximate surface area is 409 Å². The van der Waals surface area contributed by atoms with Crippen LogP contribution in [0.5, 0.6) is 0 Å². The lowest BCUT2D eigenvalue weighted by Gasteiger charge is -2.24. The Morgan fingerprint density at radius 1 is 0.439 bits per heavy atom. The topological polar surface area (TPSA) is 95.9 Å². The fourth-order valence-electron chi connectivity index (χ4n) is 8.47. The van der Waals surface area contributed by atoms with Crippen LogP contribution in [0.1, 0.15) is 284 Å². The molecule has 0 aliphatic heterocycles. The van der Waals surface area contributed by atoms with Gasteiger partial charge in [0.15, 0.2) is 0 Å². The highest BCUT2D eigenvalue weighted by Gasteiger charge is 2.24. The van der Waals surface area contributed by atoms with Gasteiger partial charge < -0.3 is 20.3 Å². The van der Waals surface area contributed by atoms with Gasteiger partial charge in [0, 0.05) is 6.42 Å². The fourth-order valence-corrected chi connectivity index (χ4v) is 8.47. The summed E-state index contributed by atoms with van der Waals surface area (Å²) in [5.41, 5.74) is 0. The first kappa shape index (κ1) is 63.6. The number of hydrogen-bond acceptors (Lipinski definition) is 5. The largest absolute Gasteiger partial charge is 0.462 e. The lowest BCUT2D eigenvalue weighted by atomic mass is 10.0. The molecule has 0 spiro atoms. The normalized spacial score (nSPS) is 13.6. The first-order chi connectivity index (χ1) is 32.5. The van der Waals surface area contributed by atoms with Gasteiger partial charge in [-0.1, -0.05) is 242 Å². The zero-order valence-electron chi connectivity index (χ0n) is 43.8. The predicted molar refractivity (Wildman–Crippen MR) is 287 cm³/mol. The van der Waals surface area contributed by atoms with Crippen LogP contribution < -0.4 is 5.32 Å². The highest BCUT2D eigenvalue weighted by Crippen LogP contribution is 2.17. The van der Waals surface area contributed by atoms with Gasteiger partial charge in [-0.25, -0.2) is 0 Å². The molecule has 0 heterocycles. The van der Waals surface area contributed by atoms with Crippen LogP contribution in [0.15, 0.2) is 60.8 Å². The van der Waals surface area contributed by atoms with E-state index in [1.807, 2.05) is 0 Å². The van der Waals surface area contributed by atoms with Gasteiger partial charge in [-0.2, -0.15) is 0 Å². The molecule has 0 fully saturated rings. The van der Waals surface area contributed by atoms with E-state index in [1.54, 1.807) is 0 Å². The van der Waals surface area contributed by atoms with Crippen LogP contribution in [0, 0.1) is 0 Å². The molecule has 0 aromatic rings. The Balaban J connectivity index is 4.53. The molecule has 1 amide bonds. The number of aliphatic hydroxyl groups is 2. The monoisotopic (exact) mass is 924 g/mol. The number of hydrogen-bond donors (Lipinski definition) is 3. The van der Waals surface area contributed by atoms with Crippen LogP contribution in [0.4, 0.5) is 0 Å². The molecule has 6 nitrogen and oxygen atoms in total. The van der Waals surface area contributed by atoms with Crippen molar-refractivity contribution in [1.29, 1.82) is 0 Å². The first-order valence-electron chi connectivity index (χ1n) is 28.5. The number of unbranched alkanes of at least 4 members (excludes halogenated alkanes) is 29. The van der Waals surface area contributed by atoms with Crippen LogP contribution in [0.2, 0.25) is 0 Å². The van der Waals surface area contributed by atoms with Crippen molar-refractivity contribution in [2.24, 2.45) is 0 Å². The molecule has 3 atom stereocenters. The van der Waals surface area contributed by atoms with Gasteiger partial charge in [0.05, 0.1) is 25.2 Å². The Morgan fingerprint density at radius 3 is 1.24 bits per heavy atom. The summed E-state index contributed by atoms with van der Waals surface area (Å²) < 4.78 is 5.91. The molecule has 0 rings (SSSR count). The van der Waals surface area contributed by atoms with Gasteiger partial charge in [0.1, 0.15) is 6.10 Å². The van der Waals surface area contributed by atoms with E-state index in [-0.39, 0.29) is 24.9 Å². The molecule has 66 heavy (non-hydrogen) atoms. The molecule has 3 N–H and O–H groups in total. The van der Waals surface area contributed by atoms with Crippen LogP contribution in [0.3, 0.4) is 0 Å². The molecular weight excluding hydrogens is 815 g/mol. The van der Waals surface area contributed by atoms with Crippen LogP contribution in [0.25, 0.3) is 0 Å². The van der Waals surface area contributed by atoms with E-state index >= 15 is 0 Å². The Bertz CT molecular complexity index is 1170. The van der Waals surface area contributed by atoms with E-state index in [1.165, 1.54) is 154 Å². The van der Waals surface area contributed by atoms with Crippen molar-refractivity contribution >= 4 is 11.9 Å². The van der Waals surface area contributed by atoms with Crippen molar-refractivity contribution < 1.29 is 24.5 Å². The zero-order valence-corrected chi connectivity index (χ0v) is 43.8. The molecule has 0 radical (unpaired) electrons. The summed E-state index contributed by atoms with van der Waals surface area (Å²) in [6.07, 6.45) is 67.2. The second-order valence-electron chi connectivity index (χ2n) is 19.3. The standard InChI is InChI=1S/C60H109NO5/c1-4-7-10-13-16-19-22-24-26-28-29-31-33-35-38-41-44-47-50-53-60(65)66-56(51-48-45-42-39-36-21-18-15-12-9-6-3)54-59(64)61-57(55-62)58(63)52-49-46-43-40-37-34-32-30-27-25-23-20-17-14-11-8-5-2/h16,19,24,26,29,31,35,38-39,42,56-58,62-63H,4-15,17-18,20-23,25,27-28,30,32-34,36-37,40-41,43-55H2,1-3H3,(H,61,64)/b19-16-,26-24-,31-29-,38-35-,42-39-. The number of carbonyl (C=O) groups is 2. The third kappa shape index (κ3) is 48.0. The SMILES string of the molecule is CCCCC/C=C\C/C=C\C/C=C\C/C=C\CCCCCC(=O)OC(CCC/C=C\CCCCCCCC)CC(=O)NC(CO)C(O)CCCCCCCCCCCCCCCCCCC. The number of amides is 1. The molecular formula is C60H109NO5. The average molecular weight is 925 g/mol. The van der Waals surface area contributed by atoms with Crippen molar-refractivity contribution in [1.82, 2.24) is 5.32 Å². The Kier molecular flexibility index (Phi) is 51.5. The van der Waals surface area contributed by atoms with E-state index < -0.39 is 18.2 Å². The first-order valence-corrected chi connectivity index (χ1v) is 28.5. The van der Waals surface area contributed by atoms with E-state index in [0.717, 1.165) is 83.5 Å². The molecule has 0 aromatic heterocycles. The van der Waals surface area contributed by atoms with Gasteiger partial charge in [-0.3, -0.25) is 9.59 Å². The molecule has 0 aliphatic carbocycles. The minimum atomic E-state index is -0.802. The highest BCUT2D eigenvalue weighted by atomic mass is 16.5. The van der Waals surface area contributed by atoms with Crippen molar-refractivity contribution in [2.45, 2.75) is 302 Å². The highest BCUT2D eigenvalue weighted by molar-refractivity contribution is 5.77. The molecule has 0 saturated carbocycles. The van der Waals surface area contributed by atoms with Crippen LogP contribution in [-0.2, 0) is 14.3 Å². The molecule has 0 aromatic carbocycles. The number of ether oxygens (including phenoxy) is 1. The summed E-state index contributed by atoms with van der Waals surface area (Å²) in [5.74, 6) is -0.535. The second-order valence-corrected chi connectivity index (χ2v) is 19.3. The summed E-state index contributed by atoms with van der Waals surface area (Å²) in [4.78, 5) is 26.2. The quantitative estimate of drug-likeness (QED) is 0.0321. The maximum Gasteiger partial charge on any atom is 0.306 e. The number of aliphatic hydroxyl groups excluding tert-OH is 2. The molecule has 6 heteroatoms. The number of rotatable bonds is 51. The smallest absolute Gasteiger partial charge is 0.306 e.